The van der Waals surface area contributed by atoms with Crippen LogP contribution in [0.25, 0.3) is 0 Å². The third-order valence-corrected chi connectivity index (χ3v) is 2.89. The number of amides is 1. The fourth-order valence-electron chi connectivity index (χ4n) is 1.73. The Hall–Kier alpha value is -1.35. The summed E-state index contributed by atoms with van der Waals surface area (Å²) in [7, 11) is 0. The maximum absolute atomic E-state index is 11.6. The quantitative estimate of drug-likeness (QED) is 0.791. The lowest BCUT2D eigenvalue weighted by molar-refractivity contribution is -0.122. The number of nitrogens with two attached hydrogens (primary N) is 1. The van der Waals surface area contributed by atoms with Crippen molar-refractivity contribution in [3.63, 3.8) is 0 Å². The molecule has 17 heavy (non-hydrogen) atoms. The first-order valence-corrected chi connectivity index (χ1v) is 6.23. The molecule has 0 radical (unpaired) electrons. The smallest absolute Gasteiger partial charge is 0.236 e. The summed E-state index contributed by atoms with van der Waals surface area (Å²) >= 11 is 0. The highest BCUT2D eigenvalue weighted by Gasteiger charge is 2.13. The van der Waals surface area contributed by atoms with Crippen molar-refractivity contribution in [2.75, 3.05) is 6.54 Å². The molecule has 3 nitrogen and oxygen atoms in total. The molecule has 3 heteroatoms. The minimum atomic E-state index is -0.372. The lowest BCUT2D eigenvalue weighted by Gasteiger charge is -2.15. The number of hydrogen-bond donors (Lipinski definition) is 2. The Morgan fingerprint density at radius 1 is 1.35 bits per heavy atom. The summed E-state index contributed by atoms with van der Waals surface area (Å²) in [5.74, 6) is 0.267. The summed E-state index contributed by atoms with van der Waals surface area (Å²) in [5, 5.41) is 2.90. The van der Waals surface area contributed by atoms with Gasteiger partial charge in [-0.05, 0) is 17.9 Å². The topological polar surface area (TPSA) is 55.1 Å². The van der Waals surface area contributed by atoms with E-state index in [1.807, 2.05) is 25.1 Å². The molecule has 0 fully saturated rings. The van der Waals surface area contributed by atoms with Gasteiger partial charge < -0.3 is 11.1 Å². The van der Waals surface area contributed by atoms with Crippen LogP contribution >= 0.6 is 0 Å². The van der Waals surface area contributed by atoms with Gasteiger partial charge in [-0.15, -0.1) is 0 Å². The molecule has 3 N–H and O–H groups in total. The Bertz CT molecular complexity index is 337. The second kappa shape index (κ2) is 7.07. The first-order chi connectivity index (χ1) is 8.15. The van der Waals surface area contributed by atoms with Gasteiger partial charge in [-0.1, -0.05) is 50.6 Å². The van der Waals surface area contributed by atoms with Crippen LogP contribution in [0.5, 0.6) is 0 Å². The molecule has 1 unspecified atom stereocenters. The van der Waals surface area contributed by atoms with Crippen molar-refractivity contribution in [2.45, 2.75) is 38.6 Å². The Kier molecular flexibility index (Phi) is 5.70. The predicted octanol–water partition coefficient (Wildman–Crippen LogP) is 2.03. The van der Waals surface area contributed by atoms with E-state index >= 15 is 0 Å². The van der Waals surface area contributed by atoms with E-state index in [-0.39, 0.29) is 11.9 Å². The molecule has 0 saturated carbocycles. The van der Waals surface area contributed by atoms with Crippen LogP contribution in [0.3, 0.4) is 0 Å². The molecule has 0 saturated heterocycles. The first-order valence-electron chi connectivity index (χ1n) is 6.23. The zero-order chi connectivity index (χ0) is 12.7. The Morgan fingerprint density at radius 2 is 2.00 bits per heavy atom. The highest BCUT2D eigenvalue weighted by atomic mass is 16.2. The average Bonchev–Trinajstić information content (AvgIpc) is 2.36. The van der Waals surface area contributed by atoms with Gasteiger partial charge in [-0.25, -0.2) is 0 Å². The van der Waals surface area contributed by atoms with Gasteiger partial charge in [0, 0.05) is 6.54 Å². The summed E-state index contributed by atoms with van der Waals surface area (Å²) < 4.78 is 0. The summed E-state index contributed by atoms with van der Waals surface area (Å²) in [6, 6.07) is 9.78. The van der Waals surface area contributed by atoms with Crippen LogP contribution in [-0.4, -0.2) is 18.5 Å². The second-order valence-electron chi connectivity index (χ2n) is 4.45. The van der Waals surface area contributed by atoms with E-state index in [1.54, 1.807) is 0 Å². The van der Waals surface area contributed by atoms with Crippen LogP contribution in [0.2, 0.25) is 0 Å². The molecule has 0 aliphatic rings. The van der Waals surface area contributed by atoms with Gasteiger partial charge in [-0.3, -0.25) is 4.79 Å². The fraction of sp³-hybridized carbons (Fsp3) is 0.500. The van der Waals surface area contributed by atoms with E-state index in [4.69, 9.17) is 5.73 Å². The molecule has 1 rings (SSSR count). The second-order valence-corrected chi connectivity index (χ2v) is 4.45. The zero-order valence-electron chi connectivity index (χ0n) is 10.6. The molecule has 0 bridgehead atoms. The molecule has 0 aliphatic carbocycles. The Morgan fingerprint density at radius 3 is 2.59 bits per heavy atom. The van der Waals surface area contributed by atoms with Crippen LogP contribution in [-0.2, 0) is 4.79 Å². The van der Waals surface area contributed by atoms with Gasteiger partial charge in [0.15, 0.2) is 0 Å². The van der Waals surface area contributed by atoms with Gasteiger partial charge in [0.05, 0.1) is 6.04 Å². The molecule has 1 aromatic carbocycles. The first kappa shape index (κ1) is 13.7. The lowest BCUT2D eigenvalue weighted by atomic mass is 10.0. The lowest BCUT2D eigenvalue weighted by Crippen LogP contribution is -2.41. The summed E-state index contributed by atoms with van der Waals surface area (Å²) in [4.78, 5) is 11.6. The van der Waals surface area contributed by atoms with Gasteiger partial charge >= 0.3 is 0 Å². The fourth-order valence-corrected chi connectivity index (χ4v) is 1.73. The third-order valence-electron chi connectivity index (χ3n) is 2.89. The van der Waals surface area contributed by atoms with Gasteiger partial charge in [-0.2, -0.15) is 0 Å². The number of hydrogen-bond acceptors (Lipinski definition) is 2. The van der Waals surface area contributed by atoms with Crippen molar-refractivity contribution in [3.05, 3.63) is 35.9 Å². The van der Waals surface area contributed by atoms with Gasteiger partial charge in [0.2, 0.25) is 5.91 Å². The highest BCUT2D eigenvalue weighted by Crippen LogP contribution is 2.12. The van der Waals surface area contributed by atoms with E-state index in [1.165, 1.54) is 5.56 Å². The van der Waals surface area contributed by atoms with Crippen molar-refractivity contribution in [1.82, 2.24) is 5.32 Å². The van der Waals surface area contributed by atoms with Crippen LogP contribution < -0.4 is 11.1 Å². The molecule has 0 aliphatic heterocycles. The molecule has 0 heterocycles. The number of nitrogens with one attached hydrogen (secondary N) is 1. The van der Waals surface area contributed by atoms with Crippen molar-refractivity contribution in [2.24, 2.45) is 5.73 Å². The van der Waals surface area contributed by atoms with E-state index in [0.717, 1.165) is 12.8 Å². The van der Waals surface area contributed by atoms with Crippen molar-refractivity contribution in [1.29, 1.82) is 0 Å². The minimum absolute atomic E-state index is 0.0466. The van der Waals surface area contributed by atoms with E-state index < -0.39 is 0 Å². The Balaban J connectivity index is 2.38. The maximum atomic E-state index is 11.6. The molecule has 1 aromatic rings. The van der Waals surface area contributed by atoms with E-state index in [2.05, 4.69) is 24.4 Å². The number of carbonyl (C=O) groups is 1. The third kappa shape index (κ3) is 4.57. The van der Waals surface area contributed by atoms with Crippen LogP contribution in [0, 0.1) is 0 Å². The number of benzene rings is 1. The zero-order valence-corrected chi connectivity index (χ0v) is 10.6. The normalized spacial score (nSPS) is 14.1. The van der Waals surface area contributed by atoms with Crippen LogP contribution in [0.1, 0.15) is 38.2 Å². The van der Waals surface area contributed by atoms with Crippen molar-refractivity contribution < 1.29 is 4.79 Å². The number of carbonyl (C=O) groups excluding carboxylic acids is 1. The molecular formula is C14H22N2O. The molecule has 0 spiro atoms. The maximum Gasteiger partial charge on any atom is 0.236 e. The van der Waals surface area contributed by atoms with E-state index in [9.17, 15) is 4.79 Å². The molecular weight excluding hydrogens is 212 g/mol. The Labute approximate surface area is 103 Å². The van der Waals surface area contributed by atoms with Crippen molar-refractivity contribution in [3.8, 4) is 0 Å². The molecule has 94 valence electrons. The standard InChI is InChI=1S/C14H22N2O/c1-3-7-13(15)14(17)16-10-11(2)12-8-5-4-6-9-12/h4-6,8-9,11,13H,3,7,10,15H2,1-2H3,(H,16,17)/t11?,13-/m0/s1. The van der Waals surface area contributed by atoms with Crippen LogP contribution in [0.4, 0.5) is 0 Å². The largest absolute Gasteiger partial charge is 0.354 e. The molecule has 0 aromatic heterocycles. The summed E-state index contributed by atoms with van der Waals surface area (Å²) in [6.45, 7) is 4.76. The molecule has 2 atom stereocenters. The molecule has 1 amide bonds. The average molecular weight is 234 g/mol. The summed E-state index contributed by atoms with van der Waals surface area (Å²) in [6.07, 6.45) is 1.67. The summed E-state index contributed by atoms with van der Waals surface area (Å²) in [5.41, 5.74) is 6.97. The van der Waals surface area contributed by atoms with Crippen LogP contribution in [0.15, 0.2) is 30.3 Å². The van der Waals surface area contributed by atoms with Crippen molar-refractivity contribution >= 4 is 5.91 Å². The monoisotopic (exact) mass is 234 g/mol. The number of rotatable bonds is 6. The SMILES string of the molecule is CCC[C@H](N)C(=O)NCC(C)c1ccccc1. The predicted molar refractivity (Wildman–Crippen MR) is 70.8 cm³/mol. The van der Waals surface area contributed by atoms with Gasteiger partial charge in [0.25, 0.3) is 0 Å². The van der Waals surface area contributed by atoms with Gasteiger partial charge in [0.1, 0.15) is 0 Å². The minimum Gasteiger partial charge on any atom is -0.354 e. The van der Waals surface area contributed by atoms with E-state index in [0.29, 0.717) is 12.5 Å². The highest BCUT2D eigenvalue weighted by molar-refractivity contribution is 5.81.